The van der Waals surface area contributed by atoms with Crippen molar-refractivity contribution in [1.82, 2.24) is 4.98 Å². The van der Waals surface area contributed by atoms with Crippen molar-refractivity contribution in [2.45, 2.75) is 0 Å². The number of phenolic OH excluding ortho intramolecular Hbond substituents is 1. The highest BCUT2D eigenvalue weighted by Crippen LogP contribution is 2.39. The van der Waals surface area contributed by atoms with Crippen molar-refractivity contribution in [3.8, 4) is 17.0 Å². The smallest absolute Gasteiger partial charge is 0.256 e. The highest BCUT2D eigenvalue weighted by molar-refractivity contribution is 9.11. The van der Waals surface area contributed by atoms with Gasteiger partial charge in [-0.05, 0) is 79.9 Å². The van der Waals surface area contributed by atoms with Crippen LogP contribution in [0.15, 0.2) is 75.0 Å². The van der Waals surface area contributed by atoms with Crippen LogP contribution in [0.5, 0.6) is 5.75 Å². The number of nitrogens with one attached hydrogen (secondary N) is 2. The third kappa shape index (κ3) is 4.09. The number of rotatable bonds is 4. The Balaban J connectivity index is 1.48. The SMILES string of the molecule is O=C1Nc2ccc(-c3csc(Nc4ccccc4)n3)cc2C1=Cc1cc(Br)c(O)c(Br)c1. The summed E-state index contributed by atoms with van der Waals surface area (Å²) >= 11 is 8.20. The quantitative estimate of drug-likeness (QED) is 0.226. The van der Waals surface area contributed by atoms with Crippen LogP contribution in [0.4, 0.5) is 16.5 Å². The second kappa shape index (κ2) is 8.54. The van der Waals surface area contributed by atoms with Crippen LogP contribution in [0.2, 0.25) is 0 Å². The van der Waals surface area contributed by atoms with E-state index in [1.165, 1.54) is 11.3 Å². The molecule has 0 saturated heterocycles. The Morgan fingerprint density at radius 1 is 1.03 bits per heavy atom. The van der Waals surface area contributed by atoms with Gasteiger partial charge < -0.3 is 15.7 Å². The van der Waals surface area contributed by atoms with Crippen LogP contribution < -0.4 is 10.6 Å². The van der Waals surface area contributed by atoms with E-state index in [1.54, 1.807) is 12.1 Å². The standard InChI is InChI=1S/C24H15Br2N3O2S/c25-18-9-13(10-19(26)22(18)30)8-17-16-11-14(6-7-20(16)28-23(17)31)21-12-32-24(29-21)27-15-4-2-1-3-5-15/h1-12,30H,(H,27,29)(H,28,31). The first-order chi connectivity index (χ1) is 15.5. The number of anilines is 3. The van der Waals surface area contributed by atoms with Gasteiger partial charge in [0, 0.05) is 33.5 Å². The number of fused-ring (bicyclic) bond motifs is 1. The summed E-state index contributed by atoms with van der Waals surface area (Å²) in [5.41, 5.74) is 5.67. The van der Waals surface area contributed by atoms with Crippen LogP contribution in [0.25, 0.3) is 22.9 Å². The van der Waals surface area contributed by atoms with E-state index in [4.69, 9.17) is 4.98 Å². The van der Waals surface area contributed by atoms with Gasteiger partial charge in [-0.25, -0.2) is 4.98 Å². The maximum absolute atomic E-state index is 12.7. The normalized spacial score (nSPS) is 13.8. The molecule has 0 radical (unpaired) electrons. The number of carbonyl (C=O) groups is 1. The third-order valence-corrected chi connectivity index (χ3v) is 6.94. The number of phenols is 1. The number of thiazole rings is 1. The minimum atomic E-state index is -0.165. The molecule has 1 aliphatic heterocycles. The molecule has 0 spiro atoms. The van der Waals surface area contributed by atoms with Crippen LogP contribution in [0, 0.1) is 0 Å². The number of aromatic nitrogens is 1. The van der Waals surface area contributed by atoms with Gasteiger partial charge in [-0.2, -0.15) is 0 Å². The van der Waals surface area contributed by atoms with Crippen LogP contribution >= 0.6 is 43.2 Å². The van der Waals surface area contributed by atoms with E-state index in [0.717, 1.165) is 38.9 Å². The molecule has 3 N–H and O–H groups in total. The molecule has 0 bridgehead atoms. The number of carbonyl (C=O) groups excluding carboxylic acids is 1. The average molecular weight is 569 g/mol. The molecule has 32 heavy (non-hydrogen) atoms. The number of nitrogens with zero attached hydrogens (tertiary/aromatic N) is 1. The van der Waals surface area contributed by atoms with Gasteiger partial charge in [-0.3, -0.25) is 4.79 Å². The van der Waals surface area contributed by atoms with Crippen molar-refractivity contribution in [2.24, 2.45) is 0 Å². The molecular formula is C24H15Br2N3O2S. The lowest BCUT2D eigenvalue weighted by Gasteiger charge is -2.05. The number of halogens is 2. The van der Waals surface area contributed by atoms with E-state index in [-0.39, 0.29) is 11.7 Å². The van der Waals surface area contributed by atoms with Gasteiger partial charge in [0.15, 0.2) is 5.13 Å². The zero-order valence-corrected chi connectivity index (χ0v) is 20.4. The molecule has 0 aliphatic carbocycles. The second-order valence-electron chi connectivity index (χ2n) is 7.13. The molecule has 3 aromatic carbocycles. The number of hydrogen-bond acceptors (Lipinski definition) is 5. The van der Waals surface area contributed by atoms with Crippen molar-refractivity contribution >= 4 is 77.3 Å². The molecule has 1 aromatic heterocycles. The van der Waals surface area contributed by atoms with Crippen LogP contribution in [-0.4, -0.2) is 16.0 Å². The van der Waals surface area contributed by atoms with Gasteiger partial charge in [-0.1, -0.05) is 24.3 Å². The summed E-state index contributed by atoms with van der Waals surface area (Å²) in [6.07, 6.45) is 1.81. The number of hydrogen-bond donors (Lipinski definition) is 3. The van der Waals surface area contributed by atoms with E-state index in [0.29, 0.717) is 14.5 Å². The number of benzene rings is 3. The van der Waals surface area contributed by atoms with Crippen molar-refractivity contribution in [3.63, 3.8) is 0 Å². The topological polar surface area (TPSA) is 74.2 Å². The fourth-order valence-corrected chi connectivity index (χ4v) is 5.40. The fourth-order valence-electron chi connectivity index (χ4n) is 3.43. The molecule has 2 heterocycles. The molecule has 4 aromatic rings. The molecule has 0 atom stereocenters. The molecule has 0 fully saturated rings. The van der Waals surface area contributed by atoms with Crippen molar-refractivity contribution in [1.29, 1.82) is 0 Å². The lowest BCUT2D eigenvalue weighted by Crippen LogP contribution is -2.03. The summed E-state index contributed by atoms with van der Waals surface area (Å²) in [7, 11) is 0. The van der Waals surface area contributed by atoms with E-state index >= 15 is 0 Å². The first-order valence-electron chi connectivity index (χ1n) is 9.61. The summed E-state index contributed by atoms with van der Waals surface area (Å²) in [5.74, 6) is -0.0451. The molecule has 158 valence electrons. The first-order valence-corrected chi connectivity index (χ1v) is 12.1. The summed E-state index contributed by atoms with van der Waals surface area (Å²) < 4.78 is 1.10. The van der Waals surface area contributed by atoms with Gasteiger partial charge in [-0.15, -0.1) is 11.3 Å². The maximum atomic E-state index is 12.7. The van der Waals surface area contributed by atoms with Gasteiger partial charge in [0.05, 0.1) is 14.6 Å². The summed E-state index contributed by atoms with van der Waals surface area (Å²) in [4.78, 5) is 17.4. The predicted molar refractivity (Wildman–Crippen MR) is 137 cm³/mol. The van der Waals surface area contributed by atoms with Crippen molar-refractivity contribution in [3.05, 3.63) is 86.1 Å². The van der Waals surface area contributed by atoms with E-state index in [2.05, 4.69) is 42.5 Å². The first kappa shape index (κ1) is 20.9. The Hall–Kier alpha value is -2.94. The number of para-hydroxylation sites is 1. The van der Waals surface area contributed by atoms with Gasteiger partial charge in [0.1, 0.15) is 5.75 Å². The van der Waals surface area contributed by atoms with E-state index in [9.17, 15) is 9.90 Å². The Morgan fingerprint density at radius 2 is 1.78 bits per heavy atom. The zero-order valence-electron chi connectivity index (χ0n) is 16.4. The van der Waals surface area contributed by atoms with Gasteiger partial charge in [0.25, 0.3) is 5.91 Å². The molecule has 1 aliphatic rings. The monoisotopic (exact) mass is 567 g/mol. The molecule has 1 amide bonds. The highest BCUT2D eigenvalue weighted by Gasteiger charge is 2.25. The highest BCUT2D eigenvalue weighted by atomic mass is 79.9. The number of aromatic hydroxyl groups is 1. The Labute approximate surface area is 205 Å². The fraction of sp³-hybridized carbons (Fsp3) is 0. The predicted octanol–water partition coefficient (Wildman–Crippen LogP) is 7.28. The molecule has 0 saturated carbocycles. The Morgan fingerprint density at radius 3 is 2.53 bits per heavy atom. The number of amides is 1. The molecular weight excluding hydrogens is 554 g/mol. The largest absolute Gasteiger partial charge is 0.506 e. The van der Waals surface area contributed by atoms with Gasteiger partial charge in [0.2, 0.25) is 0 Å². The molecule has 0 unspecified atom stereocenters. The lowest BCUT2D eigenvalue weighted by atomic mass is 10.0. The second-order valence-corrected chi connectivity index (χ2v) is 9.70. The lowest BCUT2D eigenvalue weighted by molar-refractivity contribution is -0.110. The zero-order chi connectivity index (χ0) is 22.2. The minimum absolute atomic E-state index is 0.120. The molecule has 5 rings (SSSR count). The van der Waals surface area contributed by atoms with Gasteiger partial charge >= 0.3 is 0 Å². The maximum Gasteiger partial charge on any atom is 0.256 e. The van der Waals surface area contributed by atoms with Crippen molar-refractivity contribution < 1.29 is 9.90 Å². The van der Waals surface area contributed by atoms with Crippen LogP contribution in [0.3, 0.4) is 0 Å². The third-order valence-electron chi connectivity index (χ3n) is 4.98. The molecule has 5 nitrogen and oxygen atoms in total. The Kier molecular flexibility index (Phi) is 5.58. The molecule has 8 heteroatoms. The summed E-state index contributed by atoms with van der Waals surface area (Å²) in [5, 5.41) is 19.0. The summed E-state index contributed by atoms with van der Waals surface area (Å²) in [6, 6.07) is 19.3. The van der Waals surface area contributed by atoms with Crippen LogP contribution in [-0.2, 0) is 4.79 Å². The Bertz CT molecular complexity index is 1360. The summed E-state index contributed by atoms with van der Waals surface area (Å²) in [6.45, 7) is 0. The average Bonchev–Trinajstić information content (AvgIpc) is 3.37. The minimum Gasteiger partial charge on any atom is -0.506 e. The van der Waals surface area contributed by atoms with E-state index in [1.807, 2.05) is 60.0 Å². The van der Waals surface area contributed by atoms with E-state index < -0.39 is 0 Å². The van der Waals surface area contributed by atoms with Crippen LogP contribution in [0.1, 0.15) is 11.1 Å². The van der Waals surface area contributed by atoms with Crippen molar-refractivity contribution in [2.75, 3.05) is 10.6 Å².